The van der Waals surface area contributed by atoms with Crippen LogP contribution >= 0.6 is 0 Å². The Hall–Kier alpha value is -0.670. The second-order valence-electron chi connectivity index (χ2n) is 4.75. The van der Waals surface area contributed by atoms with E-state index < -0.39 is 48.8 Å². The quantitative estimate of drug-likeness (QED) is 0.686. The van der Waals surface area contributed by atoms with Crippen molar-refractivity contribution in [1.29, 1.82) is 0 Å². The summed E-state index contributed by atoms with van der Waals surface area (Å²) in [4.78, 5) is 10.9. The maximum absolute atomic E-state index is 11.9. The molecule has 0 bridgehead atoms. The van der Waals surface area contributed by atoms with Crippen LogP contribution in [-0.2, 0) is 24.7 Å². The molecule has 0 radical (unpaired) electrons. The molecule has 1 rings (SSSR count). The molecule has 1 heterocycles. The van der Waals surface area contributed by atoms with Gasteiger partial charge in [0.2, 0.25) is 10.0 Å². The second-order valence-corrected chi connectivity index (χ2v) is 8.97. The highest BCUT2D eigenvalue weighted by molar-refractivity contribution is 7.95. The van der Waals surface area contributed by atoms with Crippen LogP contribution in [-0.4, -0.2) is 50.7 Å². The van der Waals surface area contributed by atoms with Gasteiger partial charge in [-0.25, -0.2) is 21.6 Å². The van der Waals surface area contributed by atoms with Crippen molar-refractivity contribution in [3.63, 3.8) is 0 Å². The van der Waals surface area contributed by atoms with Crippen molar-refractivity contribution in [2.24, 2.45) is 5.92 Å². The molecule has 18 heavy (non-hydrogen) atoms. The molecule has 0 amide bonds. The summed E-state index contributed by atoms with van der Waals surface area (Å²) in [6.07, 6.45) is 0.0160. The molecule has 0 spiro atoms. The lowest BCUT2D eigenvalue weighted by Gasteiger charge is -2.20. The highest BCUT2D eigenvalue weighted by Gasteiger charge is 2.39. The Bertz CT molecular complexity index is 521. The summed E-state index contributed by atoms with van der Waals surface area (Å²) in [6.45, 7) is 3.15. The molecule has 1 saturated heterocycles. The van der Waals surface area contributed by atoms with Gasteiger partial charge >= 0.3 is 5.97 Å². The predicted molar refractivity (Wildman–Crippen MR) is 65.4 cm³/mol. The molecule has 0 saturated carbocycles. The lowest BCUT2D eigenvalue weighted by atomic mass is 10.1. The van der Waals surface area contributed by atoms with E-state index in [0.29, 0.717) is 0 Å². The van der Waals surface area contributed by atoms with Gasteiger partial charge in [0.15, 0.2) is 9.84 Å². The minimum Gasteiger partial charge on any atom is -0.480 e. The zero-order valence-electron chi connectivity index (χ0n) is 10.2. The number of rotatable bonds is 5. The van der Waals surface area contributed by atoms with Crippen molar-refractivity contribution in [2.45, 2.75) is 31.6 Å². The van der Waals surface area contributed by atoms with Crippen LogP contribution in [0.3, 0.4) is 0 Å². The molecule has 106 valence electrons. The van der Waals surface area contributed by atoms with Gasteiger partial charge < -0.3 is 5.11 Å². The van der Waals surface area contributed by atoms with Gasteiger partial charge in [0.25, 0.3) is 0 Å². The molecular formula is C9H17NO6S2. The summed E-state index contributed by atoms with van der Waals surface area (Å²) >= 11 is 0. The van der Waals surface area contributed by atoms with Crippen LogP contribution < -0.4 is 4.72 Å². The number of sulfonamides is 1. The monoisotopic (exact) mass is 299 g/mol. The van der Waals surface area contributed by atoms with Crippen LogP contribution in [0.4, 0.5) is 0 Å². The Morgan fingerprint density at radius 2 is 1.94 bits per heavy atom. The molecular weight excluding hydrogens is 282 g/mol. The van der Waals surface area contributed by atoms with E-state index in [1.165, 1.54) is 0 Å². The van der Waals surface area contributed by atoms with E-state index in [1.807, 2.05) is 0 Å². The van der Waals surface area contributed by atoms with Gasteiger partial charge in [-0.15, -0.1) is 0 Å². The van der Waals surface area contributed by atoms with Crippen molar-refractivity contribution in [2.75, 3.05) is 11.5 Å². The Morgan fingerprint density at radius 1 is 1.39 bits per heavy atom. The summed E-state index contributed by atoms with van der Waals surface area (Å²) in [5.74, 6) is -2.30. The topological polar surface area (TPSA) is 118 Å². The van der Waals surface area contributed by atoms with Gasteiger partial charge in [0.1, 0.15) is 6.04 Å². The second kappa shape index (κ2) is 5.14. The van der Waals surface area contributed by atoms with Gasteiger partial charge in [0.05, 0.1) is 16.8 Å². The molecule has 7 nitrogen and oxygen atoms in total. The Morgan fingerprint density at radius 3 is 2.28 bits per heavy atom. The number of carboxylic acids is 1. The first kappa shape index (κ1) is 15.4. The third-order valence-electron chi connectivity index (χ3n) is 2.85. The standard InChI is InChI=1S/C9H17NO6S2/c1-6(2)8(9(11)12)10-18(15,16)7-3-4-17(13,14)5-7/h6-8,10H,3-5H2,1-2H3,(H,11,12). The molecule has 0 aromatic carbocycles. The van der Waals surface area contributed by atoms with Crippen molar-refractivity contribution >= 4 is 25.8 Å². The molecule has 0 aliphatic carbocycles. The number of sulfone groups is 1. The molecule has 2 atom stereocenters. The maximum Gasteiger partial charge on any atom is 0.321 e. The fourth-order valence-electron chi connectivity index (χ4n) is 1.75. The summed E-state index contributed by atoms with van der Waals surface area (Å²) in [6, 6.07) is -1.24. The van der Waals surface area contributed by atoms with Crippen LogP contribution in [0.5, 0.6) is 0 Å². The van der Waals surface area contributed by atoms with E-state index in [2.05, 4.69) is 4.72 Å². The first-order chi connectivity index (χ1) is 8.05. The van der Waals surface area contributed by atoms with Crippen LogP contribution in [0.1, 0.15) is 20.3 Å². The van der Waals surface area contributed by atoms with Gasteiger partial charge in [-0.2, -0.15) is 0 Å². The van der Waals surface area contributed by atoms with E-state index in [-0.39, 0.29) is 12.2 Å². The molecule has 1 aliphatic rings. The van der Waals surface area contributed by atoms with Gasteiger partial charge in [0, 0.05) is 0 Å². The third kappa shape index (κ3) is 3.66. The predicted octanol–water partition coefficient (Wildman–Crippen LogP) is -0.798. The van der Waals surface area contributed by atoms with Crippen molar-refractivity contribution < 1.29 is 26.7 Å². The number of carboxylic acid groups (broad SMARTS) is 1. The number of carbonyl (C=O) groups is 1. The SMILES string of the molecule is CC(C)C(NS(=O)(=O)C1CCS(=O)(=O)C1)C(=O)O. The zero-order chi connectivity index (χ0) is 14.1. The fraction of sp³-hybridized carbons (Fsp3) is 0.889. The van der Waals surface area contributed by atoms with Crippen LogP contribution in [0.2, 0.25) is 0 Å². The molecule has 0 aromatic rings. The average Bonchev–Trinajstić information content (AvgIpc) is 2.55. The smallest absolute Gasteiger partial charge is 0.321 e. The lowest BCUT2D eigenvalue weighted by molar-refractivity contribution is -0.140. The Balaban J connectivity index is 2.86. The summed E-state index contributed by atoms with van der Waals surface area (Å²) in [5.41, 5.74) is 0. The Kier molecular flexibility index (Phi) is 4.39. The molecule has 1 fully saturated rings. The number of hydrogen-bond acceptors (Lipinski definition) is 5. The van der Waals surface area contributed by atoms with Crippen molar-refractivity contribution in [1.82, 2.24) is 4.72 Å². The number of hydrogen-bond donors (Lipinski definition) is 2. The Labute approximate surface area is 107 Å². The summed E-state index contributed by atoms with van der Waals surface area (Å²) in [5, 5.41) is 7.85. The fourth-order valence-corrected chi connectivity index (χ4v) is 6.13. The van der Waals surface area contributed by atoms with Crippen LogP contribution in [0, 0.1) is 5.92 Å². The van der Waals surface area contributed by atoms with Gasteiger partial charge in [-0.1, -0.05) is 13.8 Å². The maximum atomic E-state index is 11.9. The first-order valence-electron chi connectivity index (χ1n) is 5.49. The van der Waals surface area contributed by atoms with E-state index in [1.54, 1.807) is 13.8 Å². The van der Waals surface area contributed by atoms with Gasteiger partial charge in [-0.3, -0.25) is 4.79 Å². The lowest BCUT2D eigenvalue weighted by Crippen LogP contribution is -2.48. The number of nitrogens with one attached hydrogen (secondary N) is 1. The molecule has 1 aliphatic heterocycles. The minimum absolute atomic E-state index is 0.0160. The molecule has 0 aromatic heterocycles. The minimum atomic E-state index is -3.93. The van der Waals surface area contributed by atoms with Crippen LogP contribution in [0.15, 0.2) is 0 Å². The molecule has 2 unspecified atom stereocenters. The van der Waals surface area contributed by atoms with Crippen molar-refractivity contribution in [3.8, 4) is 0 Å². The normalized spacial score (nSPS) is 25.2. The van der Waals surface area contributed by atoms with E-state index in [0.717, 1.165) is 0 Å². The highest BCUT2D eigenvalue weighted by Crippen LogP contribution is 2.19. The largest absolute Gasteiger partial charge is 0.480 e. The number of aliphatic carboxylic acids is 1. The highest BCUT2D eigenvalue weighted by atomic mass is 32.2. The van der Waals surface area contributed by atoms with E-state index in [4.69, 9.17) is 5.11 Å². The summed E-state index contributed by atoms with van der Waals surface area (Å²) in [7, 11) is -7.25. The average molecular weight is 299 g/mol. The molecule has 2 N–H and O–H groups in total. The van der Waals surface area contributed by atoms with E-state index >= 15 is 0 Å². The van der Waals surface area contributed by atoms with Crippen LogP contribution in [0.25, 0.3) is 0 Å². The molecule has 9 heteroatoms. The summed E-state index contributed by atoms with van der Waals surface area (Å²) < 4.78 is 48.3. The zero-order valence-corrected chi connectivity index (χ0v) is 11.8. The van der Waals surface area contributed by atoms with Gasteiger partial charge in [-0.05, 0) is 12.3 Å². The first-order valence-corrected chi connectivity index (χ1v) is 8.86. The van der Waals surface area contributed by atoms with Crippen molar-refractivity contribution in [3.05, 3.63) is 0 Å². The third-order valence-corrected chi connectivity index (χ3v) is 6.69. The van der Waals surface area contributed by atoms with E-state index in [9.17, 15) is 21.6 Å².